The molecule has 0 saturated carbocycles. The van der Waals surface area contributed by atoms with E-state index in [1.807, 2.05) is 0 Å². The summed E-state index contributed by atoms with van der Waals surface area (Å²) in [6.45, 7) is 9.61. The van der Waals surface area contributed by atoms with Crippen molar-refractivity contribution < 1.29 is 4.74 Å². The number of rotatable bonds is 6. The molecule has 0 radical (unpaired) electrons. The van der Waals surface area contributed by atoms with Gasteiger partial charge in [0.25, 0.3) is 0 Å². The van der Waals surface area contributed by atoms with Gasteiger partial charge in [-0.15, -0.1) is 0 Å². The molecule has 0 fully saturated rings. The van der Waals surface area contributed by atoms with Crippen LogP contribution in [0, 0.1) is 0 Å². The van der Waals surface area contributed by atoms with Crippen molar-refractivity contribution in [1.29, 1.82) is 0 Å². The van der Waals surface area contributed by atoms with E-state index >= 15 is 0 Å². The summed E-state index contributed by atoms with van der Waals surface area (Å²) in [5.74, 6) is 1.07. The first kappa shape index (κ1) is 14.4. The number of ether oxygens (including phenoxy) is 1. The lowest BCUT2D eigenvalue weighted by molar-refractivity contribution is 0.254. The van der Waals surface area contributed by atoms with Crippen LogP contribution in [0.2, 0.25) is 0 Å². The molecule has 0 spiro atoms. The Morgan fingerprint density at radius 3 is 2.95 bits per heavy atom. The Morgan fingerprint density at radius 2 is 2.21 bits per heavy atom. The minimum atomic E-state index is 0.332. The second-order valence-electron chi connectivity index (χ2n) is 5.92. The van der Waals surface area contributed by atoms with Crippen LogP contribution in [0.25, 0.3) is 0 Å². The topological polar surface area (TPSA) is 24.5 Å². The summed E-state index contributed by atoms with van der Waals surface area (Å²) >= 11 is 0. The summed E-state index contributed by atoms with van der Waals surface area (Å²) in [5, 5.41) is 3.45. The Bertz CT molecular complexity index is 417. The maximum absolute atomic E-state index is 5.73. The average Bonchev–Trinajstić information content (AvgIpc) is 2.67. The maximum atomic E-state index is 5.73. The monoisotopic (exact) mass is 262 g/mol. The zero-order valence-electron chi connectivity index (χ0n) is 12.6. The highest BCUT2D eigenvalue weighted by atomic mass is 16.5. The van der Waals surface area contributed by atoms with Crippen molar-refractivity contribution in [3.8, 4) is 5.75 Å². The number of hydrogen-bond acceptors (Lipinski definition) is 3. The fourth-order valence-electron chi connectivity index (χ4n) is 2.51. The summed E-state index contributed by atoms with van der Waals surface area (Å²) in [6.07, 6.45) is 1.38. The summed E-state index contributed by atoms with van der Waals surface area (Å²) in [4.78, 5) is 2.36. The predicted octanol–water partition coefficient (Wildman–Crippen LogP) is 2.44. The first-order valence-corrected chi connectivity index (χ1v) is 7.25. The van der Waals surface area contributed by atoms with Crippen LogP contribution < -0.4 is 10.1 Å². The molecular formula is C16H26N2O. The number of hydrogen-bond donors (Lipinski definition) is 1. The molecule has 19 heavy (non-hydrogen) atoms. The van der Waals surface area contributed by atoms with Gasteiger partial charge >= 0.3 is 0 Å². The van der Waals surface area contributed by atoms with Crippen molar-refractivity contribution in [3.63, 3.8) is 0 Å². The number of nitrogens with one attached hydrogen (secondary N) is 1. The van der Waals surface area contributed by atoms with Crippen LogP contribution in [0.5, 0.6) is 5.75 Å². The third kappa shape index (κ3) is 4.22. The SMILES string of the molecule is CC(C)NCCN(C)Cc1ccc2c(c1)CC(C)O2. The Kier molecular flexibility index (Phi) is 4.83. The molecule has 0 amide bonds. The highest BCUT2D eigenvalue weighted by Gasteiger charge is 2.18. The first-order valence-electron chi connectivity index (χ1n) is 7.25. The molecule has 1 aliphatic rings. The number of nitrogens with zero attached hydrogens (tertiary/aromatic N) is 1. The van der Waals surface area contributed by atoms with Gasteiger partial charge < -0.3 is 15.0 Å². The molecule has 0 saturated heterocycles. The van der Waals surface area contributed by atoms with Gasteiger partial charge in [0.1, 0.15) is 11.9 Å². The fraction of sp³-hybridized carbons (Fsp3) is 0.625. The highest BCUT2D eigenvalue weighted by molar-refractivity contribution is 5.40. The molecule has 1 heterocycles. The van der Waals surface area contributed by atoms with Crippen LogP contribution >= 0.6 is 0 Å². The predicted molar refractivity (Wildman–Crippen MR) is 79.7 cm³/mol. The van der Waals surface area contributed by atoms with Crippen molar-refractivity contribution in [2.45, 2.75) is 45.9 Å². The molecule has 2 rings (SSSR count). The molecule has 1 aliphatic heterocycles. The second-order valence-corrected chi connectivity index (χ2v) is 5.92. The third-order valence-corrected chi connectivity index (χ3v) is 3.46. The van der Waals surface area contributed by atoms with E-state index in [0.717, 1.165) is 31.8 Å². The van der Waals surface area contributed by atoms with Crippen molar-refractivity contribution >= 4 is 0 Å². The molecule has 1 atom stereocenters. The van der Waals surface area contributed by atoms with Gasteiger partial charge in [0.05, 0.1) is 0 Å². The summed E-state index contributed by atoms with van der Waals surface area (Å²) in [6, 6.07) is 7.16. The average molecular weight is 262 g/mol. The minimum absolute atomic E-state index is 0.332. The molecule has 0 aliphatic carbocycles. The van der Waals surface area contributed by atoms with E-state index in [0.29, 0.717) is 12.1 Å². The molecule has 3 nitrogen and oxygen atoms in total. The van der Waals surface area contributed by atoms with E-state index in [1.54, 1.807) is 0 Å². The summed E-state index contributed by atoms with van der Waals surface area (Å²) in [5.41, 5.74) is 2.74. The van der Waals surface area contributed by atoms with Gasteiger partial charge in [-0.05, 0) is 31.2 Å². The van der Waals surface area contributed by atoms with Crippen LogP contribution in [-0.2, 0) is 13.0 Å². The first-order chi connectivity index (χ1) is 9.04. The Balaban J connectivity index is 1.84. The van der Waals surface area contributed by atoms with Crippen LogP contribution in [0.3, 0.4) is 0 Å². The molecule has 1 aromatic carbocycles. The van der Waals surface area contributed by atoms with Crippen molar-refractivity contribution in [1.82, 2.24) is 10.2 Å². The van der Waals surface area contributed by atoms with Gasteiger partial charge in [0.15, 0.2) is 0 Å². The zero-order valence-corrected chi connectivity index (χ0v) is 12.6. The number of fused-ring (bicyclic) bond motifs is 1. The standard InChI is InChI=1S/C16H26N2O/c1-12(2)17-7-8-18(4)11-14-5-6-16-15(10-14)9-13(3)19-16/h5-6,10,12-13,17H,7-9,11H2,1-4H3. The minimum Gasteiger partial charge on any atom is -0.490 e. The van der Waals surface area contributed by atoms with E-state index in [4.69, 9.17) is 4.74 Å². The third-order valence-electron chi connectivity index (χ3n) is 3.46. The van der Waals surface area contributed by atoms with E-state index in [1.165, 1.54) is 11.1 Å². The number of likely N-dealkylation sites (N-methyl/N-ethyl adjacent to an activating group) is 1. The molecule has 0 bridgehead atoms. The smallest absolute Gasteiger partial charge is 0.123 e. The van der Waals surface area contributed by atoms with Gasteiger partial charge in [-0.1, -0.05) is 26.0 Å². The van der Waals surface area contributed by atoms with Crippen LogP contribution in [0.1, 0.15) is 31.9 Å². The Hall–Kier alpha value is -1.06. The molecule has 106 valence electrons. The Labute approximate surface area is 116 Å². The normalized spacial score (nSPS) is 17.9. The number of benzene rings is 1. The van der Waals surface area contributed by atoms with E-state index in [2.05, 4.69) is 56.2 Å². The lowest BCUT2D eigenvalue weighted by Gasteiger charge is -2.18. The maximum Gasteiger partial charge on any atom is 0.123 e. The van der Waals surface area contributed by atoms with Gasteiger partial charge in [-0.2, -0.15) is 0 Å². The van der Waals surface area contributed by atoms with Crippen molar-refractivity contribution in [3.05, 3.63) is 29.3 Å². The van der Waals surface area contributed by atoms with Crippen LogP contribution in [0.4, 0.5) is 0 Å². The summed E-state index contributed by atoms with van der Waals surface area (Å²) < 4.78 is 5.73. The largest absolute Gasteiger partial charge is 0.490 e. The molecule has 1 N–H and O–H groups in total. The fourth-order valence-corrected chi connectivity index (χ4v) is 2.51. The lowest BCUT2D eigenvalue weighted by atomic mass is 10.1. The highest BCUT2D eigenvalue weighted by Crippen LogP contribution is 2.29. The van der Waals surface area contributed by atoms with Gasteiger partial charge in [-0.25, -0.2) is 0 Å². The van der Waals surface area contributed by atoms with Crippen molar-refractivity contribution in [2.24, 2.45) is 0 Å². The van der Waals surface area contributed by atoms with E-state index < -0.39 is 0 Å². The second kappa shape index (κ2) is 6.40. The Morgan fingerprint density at radius 1 is 1.42 bits per heavy atom. The molecule has 0 aromatic heterocycles. The van der Waals surface area contributed by atoms with Gasteiger partial charge in [-0.3, -0.25) is 0 Å². The quantitative estimate of drug-likeness (QED) is 0.852. The van der Waals surface area contributed by atoms with Crippen LogP contribution in [0.15, 0.2) is 18.2 Å². The van der Waals surface area contributed by atoms with Crippen molar-refractivity contribution in [2.75, 3.05) is 20.1 Å². The van der Waals surface area contributed by atoms with E-state index in [-0.39, 0.29) is 0 Å². The van der Waals surface area contributed by atoms with Gasteiger partial charge in [0.2, 0.25) is 0 Å². The van der Waals surface area contributed by atoms with Gasteiger partial charge in [0, 0.05) is 32.1 Å². The zero-order chi connectivity index (χ0) is 13.8. The molecule has 1 unspecified atom stereocenters. The molecular weight excluding hydrogens is 236 g/mol. The lowest BCUT2D eigenvalue weighted by Crippen LogP contribution is -2.32. The van der Waals surface area contributed by atoms with E-state index in [9.17, 15) is 0 Å². The molecule has 3 heteroatoms. The molecule has 1 aromatic rings. The van der Waals surface area contributed by atoms with Crippen LogP contribution in [-0.4, -0.2) is 37.2 Å². The summed E-state index contributed by atoms with van der Waals surface area (Å²) in [7, 11) is 2.17.